The Morgan fingerprint density at radius 2 is 1.81 bits per heavy atom. The number of amides is 1. The minimum Gasteiger partial charge on any atom is -0.493 e. The normalized spacial score (nSPS) is 17.1. The zero-order valence-electron chi connectivity index (χ0n) is 15.6. The van der Waals surface area contributed by atoms with Crippen molar-refractivity contribution in [3.05, 3.63) is 23.8 Å². The average Bonchev–Trinajstić information content (AvgIpc) is 3.27. The number of benzene rings is 1. The van der Waals surface area contributed by atoms with Gasteiger partial charge in [-0.3, -0.25) is 4.79 Å². The lowest BCUT2D eigenvalue weighted by molar-refractivity contribution is -0.117. The molecule has 1 unspecified atom stereocenters. The summed E-state index contributed by atoms with van der Waals surface area (Å²) in [5.74, 6) is 2.65. The molecule has 1 amide bonds. The van der Waals surface area contributed by atoms with Crippen LogP contribution in [0.4, 0.5) is 5.69 Å². The van der Waals surface area contributed by atoms with Gasteiger partial charge in [0, 0.05) is 31.0 Å². The Balaban J connectivity index is 1.89. The van der Waals surface area contributed by atoms with Crippen LogP contribution in [0.3, 0.4) is 0 Å². The number of rotatable bonds is 6. The third kappa shape index (κ3) is 3.18. The molecule has 26 heavy (non-hydrogen) atoms. The van der Waals surface area contributed by atoms with E-state index in [0.29, 0.717) is 47.6 Å². The molecule has 0 bridgehead atoms. The van der Waals surface area contributed by atoms with E-state index < -0.39 is 0 Å². The van der Waals surface area contributed by atoms with E-state index in [4.69, 9.17) is 18.7 Å². The number of carbonyl (C=O) groups excluding carboxylic acids is 1. The standard InChI is InChI=1S/C18H23N3O5/c1-10(2)17-19-18(26-20-17)11-6-15(22)21(9-11)12-7-13(23-3)16(25-5)14(8-12)24-4/h7-8,10-11H,6,9H2,1-5H3. The molecule has 140 valence electrons. The highest BCUT2D eigenvalue weighted by Crippen LogP contribution is 2.42. The van der Waals surface area contributed by atoms with Gasteiger partial charge in [-0.25, -0.2) is 0 Å². The van der Waals surface area contributed by atoms with Crippen molar-refractivity contribution < 1.29 is 23.5 Å². The number of nitrogens with zero attached hydrogens (tertiary/aromatic N) is 3. The molecule has 8 heteroatoms. The molecular formula is C18H23N3O5. The highest BCUT2D eigenvalue weighted by atomic mass is 16.5. The van der Waals surface area contributed by atoms with Crippen LogP contribution in [0.5, 0.6) is 17.2 Å². The fourth-order valence-corrected chi connectivity index (χ4v) is 2.99. The summed E-state index contributed by atoms with van der Waals surface area (Å²) in [6.07, 6.45) is 0.316. The second kappa shape index (κ2) is 7.23. The molecule has 1 saturated heterocycles. The molecule has 3 rings (SSSR count). The smallest absolute Gasteiger partial charge is 0.232 e. The second-order valence-corrected chi connectivity index (χ2v) is 6.43. The van der Waals surface area contributed by atoms with Gasteiger partial charge in [-0.1, -0.05) is 19.0 Å². The average molecular weight is 361 g/mol. The molecule has 1 fully saturated rings. The van der Waals surface area contributed by atoms with E-state index in [1.807, 2.05) is 13.8 Å². The van der Waals surface area contributed by atoms with Crippen LogP contribution < -0.4 is 19.1 Å². The first-order valence-corrected chi connectivity index (χ1v) is 8.42. The van der Waals surface area contributed by atoms with E-state index in [1.165, 1.54) is 0 Å². The van der Waals surface area contributed by atoms with Gasteiger partial charge >= 0.3 is 0 Å². The zero-order valence-corrected chi connectivity index (χ0v) is 15.6. The van der Waals surface area contributed by atoms with Gasteiger partial charge in [0.1, 0.15) is 0 Å². The second-order valence-electron chi connectivity index (χ2n) is 6.43. The zero-order chi connectivity index (χ0) is 18.8. The number of anilines is 1. The van der Waals surface area contributed by atoms with Crippen molar-refractivity contribution in [3.8, 4) is 17.2 Å². The summed E-state index contributed by atoms with van der Waals surface area (Å²) in [4.78, 5) is 18.7. The summed E-state index contributed by atoms with van der Waals surface area (Å²) < 4.78 is 21.4. The lowest BCUT2D eigenvalue weighted by Crippen LogP contribution is -2.24. The summed E-state index contributed by atoms with van der Waals surface area (Å²) in [5.41, 5.74) is 0.676. The van der Waals surface area contributed by atoms with Crippen LogP contribution in [-0.4, -0.2) is 43.9 Å². The maximum atomic E-state index is 12.6. The number of carbonyl (C=O) groups is 1. The van der Waals surface area contributed by atoms with Crippen molar-refractivity contribution in [2.45, 2.75) is 32.1 Å². The lowest BCUT2D eigenvalue weighted by atomic mass is 10.1. The van der Waals surface area contributed by atoms with E-state index in [2.05, 4.69) is 10.1 Å². The Kier molecular flexibility index (Phi) is 5.01. The Hall–Kier alpha value is -2.77. The van der Waals surface area contributed by atoms with Crippen molar-refractivity contribution in [2.24, 2.45) is 0 Å². The van der Waals surface area contributed by atoms with Crippen molar-refractivity contribution >= 4 is 11.6 Å². The Labute approximate surface area is 152 Å². The van der Waals surface area contributed by atoms with Gasteiger partial charge in [0.15, 0.2) is 17.3 Å². The maximum absolute atomic E-state index is 12.6. The van der Waals surface area contributed by atoms with Crippen molar-refractivity contribution in [1.82, 2.24) is 10.1 Å². The molecule has 0 radical (unpaired) electrons. The van der Waals surface area contributed by atoms with Crippen LogP contribution in [0.2, 0.25) is 0 Å². The van der Waals surface area contributed by atoms with E-state index in [9.17, 15) is 4.79 Å². The largest absolute Gasteiger partial charge is 0.493 e. The molecule has 0 N–H and O–H groups in total. The van der Waals surface area contributed by atoms with E-state index in [-0.39, 0.29) is 17.7 Å². The van der Waals surface area contributed by atoms with Crippen LogP contribution in [0.25, 0.3) is 0 Å². The van der Waals surface area contributed by atoms with Gasteiger partial charge in [0.05, 0.1) is 32.9 Å². The van der Waals surface area contributed by atoms with Crippen LogP contribution in [0.1, 0.15) is 43.8 Å². The molecule has 2 aromatic rings. The van der Waals surface area contributed by atoms with Gasteiger partial charge in [0.2, 0.25) is 17.5 Å². The first-order chi connectivity index (χ1) is 12.5. The van der Waals surface area contributed by atoms with Gasteiger partial charge in [-0.2, -0.15) is 4.98 Å². The number of hydrogen-bond acceptors (Lipinski definition) is 7. The number of ether oxygens (including phenoxy) is 3. The molecule has 1 aromatic carbocycles. The summed E-state index contributed by atoms with van der Waals surface area (Å²) in [5, 5.41) is 3.99. The van der Waals surface area contributed by atoms with Crippen LogP contribution >= 0.6 is 0 Å². The number of hydrogen-bond donors (Lipinski definition) is 0. The summed E-state index contributed by atoms with van der Waals surface area (Å²) in [7, 11) is 4.63. The Bertz CT molecular complexity index is 777. The first kappa shape index (κ1) is 18.0. The fraction of sp³-hybridized carbons (Fsp3) is 0.500. The molecule has 1 aliphatic heterocycles. The van der Waals surface area contributed by atoms with Crippen molar-refractivity contribution in [3.63, 3.8) is 0 Å². The molecule has 1 aliphatic rings. The Morgan fingerprint density at radius 1 is 1.15 bits per heavy atom. The highest BCUT2D eigenvalue weighted by Gasteiger charge is 2.36. The minimum absolute atomic E-state index is 0.0198. The first-order valence-electron chi connectivity index (χ1n) is 8.42. The van der Waals surface area contributed by atoms with Gasteiger partial charge in [-0.05, 0) is 0 Å². The predicted molar refractivity (Wildman–Crippen MR) is 94.2 cm³/mol. The number of methoxy groups -OCH3 is 3. The molecule has 0 spiro atoms. The molecule has 8 nitrogen and oxygen atoms in total. The van der Waals surface area contributed by atoms with Gasteiger partial charge in [-0.15, -0.1) is 0 Å². The van der Waals surface area contributed by atoms with Crippen LogP contribution in [0.15, 0.2) is 16.7 Å². The molecule has 1 aromatic heterocycles. The molecule has 1 atom stereocenters. The number of aromatic nitrogens is 2. The Morgan fingerprint density at radius 3 is 2.31 bits per heavy atom. The monoisotopic (exact) mass is 361 g/mol. The van der Waals surface area contributed by atoms with E-state index >= 15 is 0 Å². The molecule has 2 heterocycles. The van der Waals surface area contributed by atoms with Gasteiger partial charge in [0.25, 0.3) is 0 Å². The van der Waals surface area contributed by atoms with Crippen LogP contribution in [0, 0.1) is 0 Å². The quantitative estimate of drug-likeness (QED) is 0.782. The summed E-state index contributed by atoms with van der Waals surface area (Å²) in [6.45, 7) is 4.45. The topological polar surface area (TPSA) is 86.9 Å². The van der Waals surface area contributed by atoms with Crippen molar-refractivity contribution in [2.75, 3.05) is 32.8 Å². The molecule has 0 saturated carbocycles. The summed E-state index contributed by atoms with van der Waals surface area (Å²) >= 11 is 0. The van der Waals surface area contributed by atoms with Gasteiger partial charge < -0.3 is 23.6 Å². The minimum atomic E-state index is -0.137. The molecular weight excluding hydrogens is 338 g/mol. The maximum Gasteiger partial charge on any atom is 0.232 e. The highest BCUT2D eigenvalue weighted by molar-refractivity contribution is 5.97. The van der Waals surface area contributed by atoms with E-state index in [1.54, 1.807) is 38.4 Å². The fourth-order valence-electron chi connectivity index (χ4n) is 2.99. The third-order valence-corrected chi connectivity index (χ3v) is 4.41. The third-order valence-electron chi connectivity index (χ3n) is 4.41. The van der Waals surface area contributed by atoms with Crippen molar-refractivity contribution in [1.29, 1.82) is 0 Å². The molecule has 0 aliphatic carbocycles. The lowest BCUT2D eigenvalue weighted by Gasteiger charge is -2.20. The summed E-state index contributed by atoms with van der Waals surface area (Å²) in [6, 6.07) is 3.52. The predicted octanol–water partition coefficient (Wildman–Crippen LogP) is 2.74. The van der Waals surface area contributed by atoms with Crippen LogP contribution in [-0.2, 0) is 4.79 Å². The SMILES string of the molecule is COc1cc(N2CC(c3nc(C(C)C)no3)CC2=O)cc(OC)c1OC. The van der Waals surface area contributed by atoms with E-state index in [0.717, 1.165) is 0 Å².